The molecule has 6 heterocycles. The summed E-state index contributed by atoms with van der Waals surface area (Å²) in [5, 5.41) is 32.8. The van der Waals surface area contributed by atoms with Gasteiger partial charge in [-0.2, -0.15) is 15.0 Å². The van der Waals surface area contributed by atoms with Gasteiger partial charge < -0.3 is 15.5 Å². The molecule has 0 spiro atoms. The molecule has 0 unspecified atom stereocenters. The molecule has 4 aliphatic rings. The third-order valence-electron chi connectivity index (χ3n) is 12.2. The number of likely N-dealkylation sites (tertiary alicyclic amines) is 1. The van der Waals surface area contributed by atoms with Crippen LogP contribution < -0.4 is 20.9 Å². The van der Waals surface area contributed by atoms with E-state index in [1.807, 2.05) is 28.0 Å². The number of hydrogen-bond donors (Lipinski definition) is 3. The Hall–Kier alpha value is -6.70. The van der Waals surface area contributed by atoms with E-state index in [1.165, 1.54) is 23.9 Å². The Morgan fingerprint density at radius 1 is 0.864 bits per heavy atom. The number of fused-ring (bicyclic) bond motifs is 1. The quantitative estimate of drug-likeness (QED) is 0.173. The lowest BCUT2D eigenvalue weighted by Gasteiger charge is -2.36. The van der Waals surface area contributed by atoms with Crippen LogP contribution in [0.15, 0.2) is 61.2 Å². The van der Waals surface area contributed by atoms with Gasteiger partial charge in [0.2, 0.25) is 17.7 Å². The standard InChI is InChI=1S/C42H45N13O4/c43-21-26-19-29-23-46-55(39(29)45-22-26)37-20-35(47-30-3-1-2-4-30)34(24-44-37)36-25-54(51-50-36)33-9-5-28(6-10-33)41(58)52-16-13-27(14-17-52)40(57)48-31-7-11-32(12-8-31)53-18-15-38(56)49-42(53)59/h7-8,11-12,19-20,22-25,27-28,30,33H,1-6,9-10,13-18H2,(H,44,47)(H,48,57)(H,49,56,59). The van der Waals surface area contributed by atoms with Crippen LogP contribution in [0.5, 0.6) is 0 Å². The van der Waals surface area contributed by atoms with Crippen LogP contribution in [0.2, 0.25) is 0 Å². The first-order valence-corrected chi connectivity index (χ1v) is 20.5. The number of pyridine rings is 2. The number of carbonyl (C=O) groups is 4. The van der Waals surface area contributed by atoms with E-state index in [0.29, 0.717) is 66.9 Å². The maximum atomic E-state index is 13.7. The molecule has 0 bridgehead atoms. The first kappa shape index (κ1) is 37.9. The van der Waals surface area contributed by atoms with E-state index in [9.17, 15) is 24.4 Å². The van der Waals surface area contributed by atoms with Crippen LogP contribution >= 0.6 is 0 Å². The van der Waals surface area contributed by atoms with E-state index in [2.05, 4.69) is 42.4 Å². The summed E-state index contributed by atoms with van der Waals surface area (Å²) in [7, 11) is 0. The van der Waals surface area contributed by atoms with Crippen molar-refractivity contribution in [3.05, 3.63) is 66.7 Å². The van der Waals surface area contributed by atoms with Crippen LogP contribution in [0, 0.1) is 23.2 Å². The van der Waals surface area contributed by atoms with Gasteiger partial charge in [-0.25, -0.2) is 19.4 Å². The average Bonchev–Trinajstić information content (AvgIpc) is 4.06. The van der Waals surface area contributed by atoms with E-state index in [1.54, 1.807) is 41.2 Å². The number of piperidine rings is 1. The van der Waals surface area contributed by atoms with Gasteiger partial charge in [0.1, 0.15) is 11.8 Å². The fourth-order valence-corrected chi connectivity index (χ4v) is 8.89. The number of carbonyl (C=O) groups excluding carboxylic acids is 4. The van der Waals surface area contributed by atoms with Crippen LogP contribution in [0.3, 0.4) is 0 Å². The van der Waals surface area contributed by atoms with Crippen LogP contribution in [0.4, 0.5) is 21.9 Å². The summed E-state index contributed by atoms with van der Waals surface area (Å²) < 4.78 is 3.62. The molecule has 5 aromatic rings. The van der Waals surface area contributed by atoms with Crippen molar-refractivity contribution in [2.24, 2.45) is 11.8 Å². The first-order chi connectivity index (χ1) is 28.8. The fourth-order valence-electron chi connectivity index (χ4n) is 8.89. The number of benzene rings is 1. The van der Waals surface area contributed by atoms with E-state index < -0.39 is 6.03 Å². The number of imide groups is 1. The molecule has 2 aliphatic carbocycles. The van der Waals surface area contributed by atoms with E-state index in [4.69, 9.17) is 4.98 Å². The van der Waals surface area contributed by atoms with Crippen LogP contribution in [-0.2, 0) is 14.4 Å². The molecule has 2 saturated carbocycles. The van der Waals surface area contributed by atoms with Crippen molar-refractivity contribution in [1.29, 1.82) is 5.26 Å². The van der Waals surface area contributed by atoms with Crippen LogP contribution in [0.25, 0.3) is 28.1 Å². The Morgan fingerprint density at radius 2 is 1.64 bits per heavy atom. The Labute approximate surface area is 340 Å². The van der Waals surface area contributed by atoms with E-state index >= 15 is 0 Å². The number of rotatable bonds is 9. The predicted molar refractivity (Wildman–Crippen MR) is 217 cm³/mol. The van der Waals surface area contributed by atoms with Crippen molar-refractivity contribution >= 4 is 51.8 Å². The van der Waals surface area contributed by atoms with Crippen LogP contribution in [-0.4, -0.2) is 89.1 Å². The van der Waals surface area contributed by atoms with Gasteiger partial charge in [0, 0.05) is 90.4 Å². The van der Waals surface area contributed by atoms with Crippen molar-refractivity contribution in [1.82, 2.24) is 45.0 Å². The predicted octanol–water partition coefficient (Wildman–Crippen LogP) is 5.36. The molecule has 2 saturated heterocycles. The molecule has 1 aromatic carbocycles. The second-order valence-corrected chi connectivity index (χ2v) is 16.0. The zero-order valence-electron chi connectivity index (χ0n) is 32.6. The lowest BCUT2D eigenvalue weighted by Crippen LogP contribution is -2.49. The smallest absolute Gasteiger partial charge is 0.328 e. The molecule has 0 atom stereocenters. The normalized spacial score (nSPS) is 20.4. The number of hydrogen-bond acceptors (Lipinski definition) is 11. The van der Waals surface area contributed by atoms with E-state index in [-0.39, 0.29) is 42.0 Å². The molecular weight excluding hydrogens is 751 g/mol. The Balaban J connectivity index is 0.789. The van der Waals surface area contributed by atoms with Crippen molar-refractivity contribution < 1.29 is 19.2 Å². The number of anilines is 3. The fraction of sp³-hybridized carbons (Fsp3) is 0.429. The Bertz CT molecular complexity index is 2430. The van der Waals surface area contributed by atoms with Crippen molar-refractivity contribution in [3.8, 4) is 23.1 Å². The molecule has 4 aromatic heterocycles. The van der Waals surface area contributed by atoms with Gasteiger partial charge >= 0.3 is 6.03 Å². The molecule has 9 rings (SSSR count). The van der Waals surface area contributed by atoms with Crippen molar-refractivity contribution in [2.45, 2.75) is 82.7 Å². The second kappa shape index (κ2) is 16.3. The number of amides is 5. The van der Waals surface area contributed by atoms with Gasteiger partial charge in [-0.05, 0) is 81.7 Å². The number of aromatic nitrogens is 7. The first-order valence-electron chi connectivity index (χ1n) is 20.5. The molecule has 0 radical (unpaired) electrons. The van der Waals surface area contributed by atoms with Gasteiger partial charge in [-0.15, -0.1) is 5.10 Å². The number of urea groups is 1. The van der Waals surface area contributed by atoms with Gasteiger partial charge in [0.15, 0.2) is 11.5 Å². The van der Waals surface area contributed by atoms with Gasteiger partial charge in [0.05, 0.1) is 24.0 Å². The van der Waals surface area contributed by atoms with Gasteiger partial charge in [-0.3, -0.25) is 24.6 Å². The molecule has 17 heteroatoms. The third-order valence-corrected chi connectivity index (χ3v) is 12.2. The molecule has 17 nitrogen and oxygen atoms in total. The molecule has 59 heavy (non-hydrogen) atoms. The Kier molecular flexibility index (Phi) is 10.4. The number of nitrogens with zero attached hydrogens (tertiary/aromatic N) is 10. The number of nitrogens with one attached hydrogen (secondary N) is 3. The topological polar surface area (TPSA) is 209 Å². The molecular formula is C42H45N13O4. The average molecular weight is 796 g/mol. The second-order valence-electron chi connectivity index (χ2n) is 16.0. The third kappa shape index (κ3) is 7.94. The van der Waals surface area contributed by atoms with Crippen molar-refractivity contribution in [3.63, 3.8) is 0 Å². The highest BCUT2D eigenvalue weighted by molar-refractivity contribution is 6.05. The van der Waals surface area contributed by atoms with Gasteiger partial charge in [0.25, 0.3) is 0 Å². The summed E-state index contributed by atoms with van der Waals surface area (Å²) in [5.41, 5.74) is 4.85. The summed E-state index contributed by atoms with van der Waals surface area (Å²) in [4.78, 5) is 63.1. The highest BCUT2D eigenvalue weighted by Gasteiger charge is 2.34. The lowest BCUT2D eigenvalue weighted by atomic mass is 9.84. The highest BCUT2D eigenvalue weighted by atomic mass is 16.2. The van der Waals surface area contributed by atoms with Gasteiger partial charge in [-0.1, -0.05) is 18.1 Å². The summed E-state index contributed by atoms with van der Waals surface area (Å²) in [5.74, 6) is 0.156. The summed E-state index contributed by atoms with van der Waals surface area (Å²) in [6.45, 7) is 1.40. The minimum absolute atomic E-state index is 0.0587. The van der Waals surface area contributed by atoms with Crippen molar-refractivity contribution in [2.75, 3.05) is 35.2 Å². The van der Waals surface area contributed by atoms with Crippen LogP contribution in [0.1, 0.15) is 82.2 Å². The number of nitriles is 1. The molecule has 3 N–H and O–H groups in total. The Morgan fingerprint density at radius 3 is 2.39 bits per heavy atom. The summed E-state index contributed by atoms with van der Waals surface area (Å²) in [6.07, 6.45) is 16.2. The largest absolute Gasteiger partial charge is 0.382 e. The lowest BCUT2D eigenvalue weighted by molar-refractivity contribution is -0.139. The minimum atomic E-state index is -0.451. The maximum absolute atomic E-state index is 13.7. The summed E-state index contributed by atoms with van der Waals surface area (Å²) in [6, 6.07) is 12.9. The molecule has 5 amide bonds. The highest BCUT2D eigenvalue weighted by Crippen LogP contribution is 2.36. The molecule has 4 fully saturated rings. The molecule has 302 valence electrons. The minimum Gasteiger partial charge on any atom is -0.382 e. The maximum Gasteiger partial charge on any atom is 0.328 e. The monoisotopic (exact) mass is 795 g/mol. The molecule has 2 aliphatic heterocycles. The SMILES string of the molecule is N#Cc1cnc2c(cnn2-c2cc(NC3CCCC3)c(-c3cn(C4CCC(C(=O)N5CCC(C(=O)Nc6ccc(N7CCC(=O)NC7=O)cc6)CC5)CC4)nn3)cn2)c1. The van der Waals surface area contributed by atoms with E-state index in [0.717, 1.165) is 60.9 Å². The zero-order chi connectivity index (χ0) is 40.5. The zero-order valence-corrected chi connectivity index (χ0v) is 32.6. The summed E-state index contributed by atoms with van der Waals surface area (Å²) >= 11 is 0.